The number of hydrogen-bond donors (Lipinski definition) is 1. The maximum Gasteiger partial charge on any atom is 0.119 e. The van der Waals surface area contributed by atoms with Gasteiger partial charge in [-0.2, -0.15) is 0 Å². The summed E-state index contributed by atoms with van der Waals surface area (Å²) in [6.07, 6.45) is 3.90. The van der Waals surface area contributed by atoms with E-state index in [1.807, 2.05) is 13.1 Å². The highest BCUT2D eigenvalue weighted by molar-refractivity contribution is 5.84. The van der Waals surface area contributed by atoms with Crippen molar-refractivity contribution in [2.24, 2.45) is 5.41 Å². The molecule has 0 spiro atoms. The molecule has 0 heterocycles. The van der Waals surface area contributed by atoms with Crippen molar-refractivity contribution in [3.8, 4) is 5.75 Å². The molecule has 1 aliphatic rings. The van der Waals surface area contributed by atoms with Crippen molar-refractivity contribution in [2.45, 2.75) is 19.3 Å². The zero-order chi connectivity index (χ0) is 13.3. The van der Waals surface area contributed by atoms with Crippen LogP contribution in [0.3, 0.4) is 0 Å². The molecule has 0 saturated heterocycles. The smallest absolute Gasteiger partial charge is 0.119 e. The Balaban J connectivity index is 1.86. The van der Waals surface area contributed by atoms with Gasteiger partial charge >= 0.3 is 0 Å². The fourth-order valence-corrected chi connectivity index (χ4v) is 2.91. The molecule has 2 aromatic carbocycles. The summed E-state index contributed by atoms with van der Waals surface area (Å²) in [6, 6.07) is 13.1. The molecule has 0 bridgehead atoms. The third kappa shape index (κ3) is 2.59. The van der Waals surface area contributed by atoms with E-state index in [0.29, 0.717) is 5.41 Å². The average Bonchev–Trinajstić information content (AvgIpc) is 3.18. The molecule has 1 aliphatic carbocycles. The molecule has 2 nitrogen and oxygen atoms in total. The zero-order valence-electron chi connectivity index (χ0n) is 11.7. The molecule has 100 valence electrons. The number of hydrogen-bond acceptors (Lipinski definition) is 2. The largest absolute Gasteiger partial charge is 0.497 e. The summed E-state index contributed by atoms with van der Waals surface area (Å²) in [5.41, 5.74) is 1.97. The van der Waals surface area contributed by atoms with Crippen LogP contribution < -0.4 is 10.1 Å². The van der Waals surface area contributed by atoms with E-state index in [1.165, 1.54) is 35.6 Å². The van der Waals surface area contributed by atoms with Crippen molar-refractivity contribution in [3.63, 3.8) is 0 Å². The molecular formula is C17H21NO. The first-order valence-electron chi connectivity index (χ1n) is 6.96. The van der Waals surface area contributed by atoms with Crippen LogP contribution in [0, 0.1) is 5.41 Å². The van der Waals surface area contributed by atoms with Crippen LogP contribution in [0.4, 0.5) is 0 Å². The molecular weight excluding hydrogens is 234 g/mol. The van der Waals surface area contributed by atoms with Gasteiger partial charge in [0.1, 0.15) is 5.75 Å². The van der Waals surface area contributed by atoms with E-state index < -0.39 is 0 Å². The van der Waals surface area contributed by atoms with Gasteiger partial charge in [0.05, 0.1) is 7.11 Å². The lowest BCUT2D eigenvalue weighted by atomic mass is 9.94. The summed E-state index contributed by atoms with van der Waals surface area (Å²) in [6.45, 7) is 1.13. The lowest BCUT2D eigenvalue weighted by Gasteiger charge is -2.15. The second-order valence-electron chi connectivity index (χ2n) is 5.75. The Morgan fingerprint density at radius 3 is 2.53 bits per heavy atom. The third-order valence-corrected chi connectivity index (χ3v) is 4.20. The van der Waals surface area contributed by atoms with E-state index in [2.05, 4.69) is 35.6 Å². The molecule has 19 heavy (non-hydrogen) atoms. The molecule has 2 aromatic rings. The van der Waals surface area contributed by atoms with Gasteiger partial charge in [0.2, 0.25) is 0 Å². The van der Waals surface area contributed by atoms with Crippen molar-refractivity contribution < 1.29 is 4.74 Å². The lowest BCUT2D eigenvalue weighted by Crippen LogP contribution is -2.21. The summed E-state index contributed by atoms with van der Waals surface area (Å²) in [4.78, 5) is 0. The van der Waals surface area contributed by atoms with Crippen molar-refractivity contribution in [1.29, 1.82) is 0 Å². The molecule has 2 heteroatoms. The Hall–Kier alpha value is -1.54. The predicted octanol–water partition coefficient (Wildman–Crippen LogP) is 3.39. The summed E-state index contributed by atoms with van der Waals surface area (Å²) in [5, 5.41) is 5.88. The van der Waals surface area contributed by atoms with Crippen LogP contribution in [-0.2, 0) is 6.42 Å². The predicted molar refractivity (Wildman–Crippen MR) is 79.8 cm³/mol. The highest BCUT2D eigenvalue weighted by Gasteiger charge is 2.41. The Bertz CT molecular complexity index is 587. The van der Waals surface area contributed by atoms with Crippen molar-refractivity contribution >= 4 is 10.8 Å². The first kappa shape index (κ1) is 12.5. The lowest BCUT2D eigenvalue weighted by molar-refractivity contribution is 0.415. The van der Waals surface area contributed by atoms with Gasteiger partial charge in [-0.1, -0.05) is 24.3 Å². The van der Waals surface area contributed by atoms with Crippen molar-refractivity contribution in [1.82, 2.24) is 5.32 Å². The minimum Gasteiger partial charge on any atom is -0.497 e. The molecule has 3 rings (SSSR count). The fraction of sp³-hybridized carbons (Fsp3) is 0.412. The number of methoxy groups -OCH3 is 1. The van der Waals surface area contributed by atoms with E-state index in [9.17, 15) is 0 Å². The summed E-state index contributed by atoms with van der Waals surface area (Å²) in [5.74, 6) is 0.925. The molecule has 0 aromatic heterocycles. The van der Waals surface area contributed by atoms with Crippen LogP contribution >= 0.6 is 0 Å². The first-order valence-corrected chi connectivity index (χ1v) is 6.96. The fourth-order valence-electron chi connectivity index (χ4n) is 2.91. The van der Waals surface area contributed by atoms with Crippen LogP contribution in [0.2, 0.25) is 0 Å². The van der Waals surface area contributed by atoms with Crippen LogP contribution in [0.5, 0.6) is 5.75 Å². The zero-order valence-corrected chi connectivity index (χ0v) is 11.7. The molecule has 0 amide bonds. The molecule has 1 N–H and O–H groups in total. The van der Waals surface area contributed by atoms with Gasteiger partial charge in [-0.25, -0.2) is 0 Å². The maximum absolute atomic E-state index is 5.27. The monoisotopic (exact) mass is 255 g/mol. The quantitative estimate of drug-likeness (QED) is 0.884. The summed E-state index contributed by atoms with van der Waals surface area (Å²) >= 11 is 0. The van der Waals surface area contributed by atoms with Crippen LogP contribution in [-0.4, -0.2) is 20.7 Å². The summed E-state index contributed by atoms with van der Waals surface area (Å²) in [7, 11) is 3.76. The van der Waals surface area contributed by atoms with Crippen LogP contribution in [0.1, 0.15) is 18.4 Å². The second-order valence-corrected chi connectivity index (χ2v) is 5.75. The Labute approximate surface area is 114 Å². The highest BCUT2D eigenvalue weighted by atomic mass is 16.5. The molecule has 0 atom stereocenters. The van der Waals surface area contributed by atoms with Crippen molar-refractivity contribution in [2.75, 3.05) is 20.7 Å². The second kappa shape index (κ2) is 4.86. The molecule has 1 saturated carbocycles. The normalized spacial score (nSPS) is 16.5. The Morgan fingerprint density at radius 2 is 1.84 bits per heavy atom. The SMILES string of the molecule is CNCC1(Cc2ccc3cc(OC)ccc3c2)CC1. The molecule has 0 aliphatic heterocycles. The number of rotatable bonds is 5. The van der Waals surface area contributed by atoms with Gasteiger partial charge in [-0.05, 0) is 60.2 Å². The number of benzene rings is 2. The van der Waals surface area contributed by atoms with Gasteiger partial charge in [0.25, 0.3) is 0 Å². The van der Waals surface area contributed by atoms with Gasteiger partial charge in [-0.15, -0.1) is 0 Å². The number of ether oxygens (including phenoxy) is 1. The van der Waals surface area contributed by atoms with Gasteiger partial charge < -0.3 is 10.1 Å². The standard InChI is InChI=1S/C17H21NO/c1-18-12-17(7-8-17)11-13-3-4-15-10-16(19-2)6-5-14(15)9-13/h3-6,9-10,18H,7-8,11-12H2,1-2H3. The average molecular weight is 255 g/mol. The first-order chi connectivity index (χ1) is 9.24. The molecule has 1 fully saturated rings. The van der Waals surface area contributed by atoms with E-state index in [0.717, 1.165) is 12.3 Å². The van der Waals surface area contributed by atoms with Crippen LogP contribution in [0.25, 0.3) is 10.8 Å². The van der Waals surface area contributed by atoms with Gasteiger partial charge in [-0.3, -0.25) is 0 Å². The van der Waals surface area contributed by atoms with E-state index >= 15 is 0 Å². The van der Waals surface area contributed by atoms with E-state index in [1.54, 1.807) is 7.11 Å². The van der Waals surface area contributed by atoms with Crippen LogP contribution in [0.15, 0.2) is 36.4 Å². The number of fused-ring (bicyclic) bond motifs is 1. The third-order valence-electron chi connectivity index (χ3n) is 4.20. The van der Waals surface area contributed by atoms with Gasteiger partial charge in [0.15, 0.2) is 0 Å². The van der Waals surface area contributed by atoms with Crippen molar-refractivity contribution in [3.05, 3.63) is 42.0 Å². The topological polar surface area (TPSA) is 21.3 Å². The number of nitrogens with one attached hydrogen (secondary N) is 1. The maximum atomic E-state index is 5.27. The Kier molecular flexibility index (Phi) is 3.19. The Morgan fingerprint density at radius 1 is 1.11 bits per heavy atom. The summed E-state index contributed by atoms with van der Waals surface area (Å²) < 4.78 is 5.27. The van der Waals surface area contributed by atoms with Gasteiger partial charge in [0, 0.05) is 6.54 Å². The van der Waals surface area contributed by atoms with E-state index in [-0.39, 0.29) is 0 Å². The van der Waals surface area contributed by atoms with E-state index in [4.69, 9.17) is 4.74 Å². The molecule has 0 radical (unpaired) electrons. The minimum atomic E-state index is 0.523. The minimum absolute atomic E-state index is 0.523. The highest BCUT2D eigenvalue weighted by Crippen LogP contribution is 2.47. The molecule has 0 unspecified atom stereocenters.